The van der Waals surface area contributed by atoms with E-state index in [1.807, 2.05) is 6.07 Å². The van der Waals surface area contributed by atoms with Crippen molar-refractivity contribution >= 4 is 15.9 Å². The van der Waals surface area contributed by atoms with Crippen LogP contribution in [0, 0.1) is 17.2 Å². The van der Waals surface area contributed by atoms with Crippen molar-refractivity contribution in [1.29, 1.82) is 5.26 Å². The van der Waals surface area contributed by atoms with Crippen LogP contribution < -0.4 is 5.32 Å². The number of hydrogen-bond acceptors (Lipinski definition) is 4. The third kappa shape index (κ3) is 4.25. The lowest BCUT2D eigenvalue weighted by molar-refractivity contribution is -0.127. The Bertz CT molecular complexity index is 777. The zero-order chi connectivity index (χ0) is 18.6. The molecule has 1 saturated carbocycles. The predicted molar refractivity (Wildman–Crippen MR) is 97.7 cm³/mol. The maximum absolute atomic E-state index is 12.9. The van der Waals surface area contributed by atoms with Crippen LogP contribution in [0.5, 0.6) is 0 Å². The fourth-order valence-electron chi connectivity index (χ4n) is 3.79. The number of piperidine rings is 1. The first-order valence-electron chi connectivity index (χ1n) is 9.31. The number of nitrogens with one attached hydrogen (secondary N) is 1. The third-order valence-electron chi connectivity index (χ3n) is 5.33. The molecule has 1 aliphatic heterocycles. The maximum atomic E-state index is 12.9. The first kappa shape index (κ1) is 18.9. The van der Waals surface area contributed by atoms with Crippen LogP contribution in [0.15, 0.2) is 29.2 Å². The minimum absolute atomic E-state index is 0.0170. The van der Waals surface area contributed by atoms with E-state index in [-0.39, 0.29) is 29.3 Å². The van der Waals surface area contributed by atoms with Crippen LogP contribution in [-0.4, -0.2) is 37.8 Å². The summed E-state index contributed by atoms with van der Waals surface area (Å²) in [4.78, 5) is 12.8. The molecule has 6 nitrogen and oxygen atoms in total. The van der Waals surface area contributed by atoms with Crippen molar-refractivity contribution in [3.05, 3.63) is 29.8 Å². The second kappa shape index (κ2) is 8.19. The normalized spacial score (nSPS) is 22.5. The molecule has 1 atom stereocenters. The fraction of sp³-hybridized carbons (Fsp3) is 0.579. The number of amides is 1. The number of benzene rings is 1. The Labute approximate surface area is 155 Å². The summed E-state index contributed by atoms with van der Waals surface area (Å²) in [6.07, 6.45) is 6.96. The standard InChI is InChI=1S/C19H25N3O3S/c20-13-15-8-10-18(11-9-15)26(24,25)22-12-4-5-16(14-22)19(23)21-17-6-2-1-3-7-17/h8-11,16-17H,1-7,12,14H2,(H,21,23)/t16-/m1/s1. The largest absolute Gasteiger partial charge is 0.353 e. The van der Waals surface area contributed by atoms with Gasteiger partial charge in [0.2, 0.25) is 15.9 Å². The Balaban J connectivity index is 1.66. The SMILES string of the molecule is N#Cc1ccc(S(=O)(=O)N2CCC[C@@H](C(=O)NC3CCCCC3)C2)cc1. The smallest absolute Gasteiger partial charge is 0.243 e. The first-order valence-corrected chi connectivity index (χ1v) is 10.8. The molecule has 2 aliphatic rings. The fourth-order valence-corrected chi connectivity index (χ4v) is 5.32. The highest BCUT2D eigenvalue weighted by Gasteiger charge is 2.34. The monoisotopic (exact) mass is 375 g/mol. The summed E-state index contributed by atoms with van der Waals surface area (Å²) in [6, 6.07) is 8.15. The van der Waals surface area contributed by atoms with Crippen molar-refractivity contribution in [2.24, 2.45) is 5.92 Å². The zero-order valence-corrected chi connectivity index (χ0v) is 15.7. The molecule has 0 aromatic heterocycles. The minimum Gasteiger partial charge on any atom is -0.353 e. The summed E-state index contributed by atoms with van der Waals surface area (Å²) in [6.45, 7) is 0.649. The number of nitriles is 1. The highest BCUT2D eigenvalue weighted by molar-refractivity contribution is 7.89. The van der Waals surface area contributed by atoms with E-state index in [9.17, 15) is 13.2 Å². The summed E-state index contributed by atoms with van der Waals surface area (Å²) in [5, 5.41) is 12.0. The summed E-state index contributed by atoms with van der Waals surface area (Å²) in [5.41, 5.74) is 0.423. The molecule has 1 aromatic carbocycles. The third-order valence-corrected chi connectivity index (χ3v) is 7.21. The molecule has 2 fully saturated rings. The second-order valence-electron chi connectivity index (χ2n) is 7.18. The van der Waals surface area contributed by atoms with E-state index in [2.05, 4.69) is 5.32 Å². The first-order chi connectivity index (χ1) is 12.5. The molecular formula is C19H25N3O3S. The molecule has 1 aliphatic carbocycles. The summed E-state index contributed by atoms with van der Waals surface area (Å²) >= 11 is 0. The van der Waals surface area contributed by atoms with Gasteiger partial charge in [-0.2, -0.15) is 9.57 Å². The Morgan fingerprint density at radius 3 is 2.42 bits per heavy atom. The molecule has 0 bridgehead atoms. The van der Waals surface area contributed by atoms with E-state index in [0.717, 1.165) is 32.1 Å². The van der Waals surface area contributed by atoms with E-state index >= 15 is 0 Å². The van der Waals surface area contributed by atoms with Gasteiger partial charge in [-0.25, -0.2) is 8.42 Å². The molecule has 3 rings (SSSR count). The van der Waals surface area contributed by atoms with Gasteiger partial charge in [0.05, 0.1) is 22.4 Å². The summed E-state index contributed by atoms with van der Waals surface area (Å²) in [5.74, 6) is -0.310. The molecule has 0 unspecified atom stereocenters. The molecule has 1 N–H and O–H groups in total. The van der Waals surface area contributed by atoms with Gasteiger partial charge < -0.3 is 5.32 Å². The van der Waals surface area contributed by atoms with Crippen molar-refractivity contribution < 1.29 is 13.2 Å². The molecular weight excluding hydrogens is 350 g/mol. The van der Waals surface area contributed by atoms with Crippen LogP contribution in [0.4, 0.5) is 0 Å². The molecule has 1 aromatic rings. The van der Waals surface area contributed by atoms with Gasteiger partial charge in [-0.15, -0.1) is 0 Å². The summed E-state index contributed by atoms with van der Waals surface area (Å²) < 4.78 is 27.1. The summed E-state index contributed by atoms with van der Waals surface area (Å²) in [7, 11) is -3.64. The molecule has 26 heavy (non-hydrogen) atoms. The number of hydrogen-bond donors (Lipinski definition) is 1. The van der Waals surface area contributed by atoms with Gasteiger partial charge in [0.1, 0.15) is 0 Å². The Hall–Kier alpha value is -1.91. The quantitative estimate of drug-likeness (QED) is 0.875. The lowest BCUT2D eigenvalue weighted by Crippen LogP contribution is -2.47. The lowest BCUT2D eigenvalue weighted by atomic mass is 9.93. The molecule has 0 spiro atoms. The Morgan fingerprint density at radius 2 is 1.77 bits per heavy atom. The predicted octanol–water partition coefficient (Wildman–Crippen LogP) is 2.41. The van der Waals surface area contributed by atoms with Crippen LogP contribution in [-0.2, 0) is 14.8 Å². The van der Waals surface area contributed by atoms with E-state index in [1.165, 1.54) is 35.0 Å². The molecule has 1 saturated heterocycles. The second-order valence-corrected chi connectivity index (χ2v) is 9.12. The maximum Gasteiger partial charge on any atom is 0.243 e. The van der Waals surface area contributed by atoms with Crippen molar-refractivity contribution in [3.63, 3.8) is 0 Å². The average Bonchev–Trinajstić information content (AvgIpc) is 2.69. The average molecular weight is 375 g/mol. The number of carbonyl (C=O) groups excluding carboxylic acids is 1. The van der Waals surface area contributed by atoms with E-state index in [1.54, 1.807) is 0 Å². The number of rotatable bonds is 4. The van der Waals surface area contributed by atoms with Gasteiger partial charge in [0, 0.05) is 19.1 Å². The van der Waals surface area contributed by atoms with Crippen LogP contribution in [0.3, 0.4) is 0 Å². The minimum atomic E-state index is -3.64. The van der Waals surface area contributed by atoms with E-state index in [4.69, 9.17) is 5.26 Å². The van der Waals surface area contributed by atoms with Gasteiger partial charge in [-0.1, -0.05) is 19.3 Å². The Morgan fingerprint density at radius 1 is 1.08 bits per heavy atom. The molecule has 0 radical (unpaired) electrons. The number of carbonyl (C=O) groups is 1. The van der Waals surface area contributed by atoms with Crippen LogP contribution in [0.25, 0.3) is 0 Å². The van der Waals surface area contributed by atoms with Crippen molar-refractivity contribution in [1.82, 2.24) is 9.62 Å². The topological polar surface area (TPSA) is 90.3 Å². The number of sulfonamides is 1. The van der Waals surface area contributed by atoms with Gasteiger partial charge in [0.15, 0.2) is 0 Å². The van der Waals surface area contributed by atoms with Gasteiger partial charge >= 0.3 is 0 Å². The van der Waals surface area contributed by atoms with Crippen molar-refractivity contribution in [3.8, 4) is 6.07 Å². The highest BCUT2D eigenvalue weighted by atomic mass is 32.2. The van der Waals surface area contributed by atoms with Gasteiger partial charge in [-0.05, 0) is 49.9 Å². The lowest BCUT2D eigenvalue weighted by Gasteiger charge is -2.32. The molecule has 7 heteroatoms. The molecule has 140 valence electrons. The molecule has 1 heterocycles. The van der Waals surface area contributed by atoms with E-state index < -0.39 is 10.0 Å². The zero-order valence-electron chi connectivity index (χ0n) is 14.9. The van der Waals surface area contributed by atoms with Crippen LogP contribution >= 0.6 is 0 Å². The van der Waals surface area contributed by atoms with Crippen molar-refractivity contribution in [2.75, 3.05) is 13.1 Å². The Kier molecular flexibility index (Phi) is 5.94. The van der Waals surface area contributed by atoms with Gasteiger partial charge in [0.25, 0.3) is 0 Å². The van der Waals surface area contributed by atoms with Crippen molar-refractivity contribution in [2.45, 2.75) is 55.9 Å². The molecule has 1 amide bonds. The van der Waals surface area contributed by atoms with Gasteiger partial charge in [-0.3, -0.25) is 4.79 Å². The van der Waals surface area contributed by atoms with E-state index in [0.29, 0.717) is 18.5 Å². The number of nitrogens with zero attached hydrogens (tertiary/aromatic N) is 2. The highest BCUT2D eigenvalue weighted by Crippen LogP contribution is 2.25. The van der Waals surface area contributed by atoms with Crippen LogP contribution in [0.2, 0.25) is 0 Å². The van der Waals surface area contributed by atoms with Crippen LogP contribution in [0.1, 0.15) is 50.5 Å².